The fraction of sp³-hybridized carbons (Fsp3) is 0.400. The Kier molecular flexibility index (Phi) is 6.34. The van der Waals surface area contributed by atoms with Crippen molar-refractivity contribution in [1.82, 2.24) is 15.2 Å². The Morgan fingerprint density at radius 2 is 2.00 bits per heavy atom. The number of piperidine rings is 1. The van der Waals surface area contributed by atoms with Gasteiger partial charge in [0, 0.05) is 31.4 Å². The standard InChI is InChI=1S/C20H24B2ClF2N3O/c1-13-2-4-15(26-11-13)12-27-20(21,22)19(25)6-8-28(9-7-19)18(29)14-3-5-17(24)16(23)10-14/h2-5,10-11,27H,6-9,12,21-22H2,1H3. The molecule has 0 bridgehead atoms. The molecule has 4 nitrogen and oxygen atoms in total. The Labute approximate surface area is 176 Å². The first-order valence-corrected chi connectivity index (χ1v) is 10.1. The van der Waals surface area contributed by atoms with Crippen LogP contribution < -0.4 is 5.32 Å². The highest BCUT2D eigenvalue weighted by Gasteiger charge is 2.47. The highest BCUT2D eigenvalue weighted by Crippen LogP contribution is 2.34. The van der Waals surface area contributed by atoms with Crippen LogP contribution in [0, 0.1) is 12.7 Å². The molecule has 1 amide bonds. The molecule has 1 N–H and O–H groups in total. The van der Waals surface area contributed by atoms with Crippen LogP contribution in [0.5, 0.6) is 0 Å². The summed E-state index contributed by atoms with van der Waals surface area (Å²) in [6, 6.07) is 7.80. The second-order valence-electron chi connectivity index (χ2n) is 8.19. The molecule has 1 aliphatic heterocycles. The van der Waals surface area contributed by atoms with Crippen molar-refractivity contribution >= 4 is 33.2 Å². The number of likely N-dealkylation sites (tertiary alicyclic amines) is 1. The smallest absolute Gasteiger partial charge is 0.253 e. The maximum atomic E-state index is 15.8. The van der Waals surface area contributed by atoms with E-state index in [2.05, 4.69) is 10.3 Å². The van der Waals surface area contributed by atoms with Gasteiger partial charge in [-0.3, -0.25) is 9.78 Å². The third-order valence-corrected chi connectivity index (χ3v) is 6.10. The average molecular weight is 418 g/mol. The number of alkyl halides is 1. The summed E-state index contributed by atoms with van der Waals surface area (Å²) < 4.78 is 29.1. The van der Waals surface area contributed by atoms with Gasteiger partial charge in [-0.25, -0.2) is 8.78 Å². The number of aromatic nitrogens is 1. The van der Waals surface area contributed by atoms with Gasteiger partial charge in [0.1, 0.15) is 27.2 Å². The van der Waals surface area contributed by atoms with Crippen LogP contribution in [-0.4, -0.2) is 55.6 Å². The van der Waals surface area contributed by atoms with Gasteiger partial charge in [0.05, 0.1) is 10.7 Å². The van der Waals surface area contributed by atoms with Crippen LogP contribution in [0.3, 0.4) is 0 Å². The normalized spacial score (nSPS) is 16.6. The van der Waals surface area contributed by atoms with E-state index in [-0.39, 0.29) is 36.9 Å². The van der Waals surface area contributed by atoms with Gasteiger partial charge in [-0.2, -0.15) is 0 Å². The zero-order chi connectivity index (χ0) is 21.2. The van der Waals surface area contributed by atoms with Gasteiger partial charge < -0.3 is 10.2 Å². The van der Waals surface area contributed by atoms with Crippen molar-refractivity contribution in [2.24, 2.45) is 0 Å². The average Bonchev–Trinajstić information content (AvgIpc) is 2.69. The monoisotopic (exact) mass is 417 g/mol. The van der Waals surface area contributed by atoms with E-state index >= 15 is 4.39 Å². The SMILES string of the molecule is BC(B)(NCc1ccc(C)cn1)C1(F)CCN(C(=O)c2ccc(F)c(Cl)c2)CC1. The highest BCUT2D eigenvalue weighted by atomic mass is 35.5. The van der Waals surface area contributed by atoms with Crippen LogP contribution in [0.25, 0.3) is 0 Å². The lowest BCUT2D eigenvalue weighted by Gasteiger charge is -2.46. The number of hydrogen-bond acceptors (Lipinski definition) is 3. The summed E-state index contributed by atoms with van der Waals surface area (Å²) >= 11 is 5.78. The van der Waals surface area contributed by atoms with Gasteiger partial charge in [-0.1, -0.05) is 17.7 Å². The summed E-state index contributed by atoms with van der Waals surface area (Å²) in [5.74, 6) is -0.830. The Bertz CT molecular complexity index is 888. The minimum Gasteiger partial charge on any atom is -0.338 e. The number of hydrogen-bond donors (Lipinski definition) is 1. The molecule has 9 heteroatoms. The molecule has 29 heavy (non-hydrogen) atoms. The third-order valence-electron chi connectivity index (χ3n) is 5.81. The first kappa shape index (κ1) is 21.8. The molecular weight excluding hydrogens is 393 g/mol. The fourth-order valence-electron chi connectivity index (χ4n) is 3.57. The molecule has 0 saturated carbocycles. The number of aryl methyl sites for hydroxylation is 1. The van der Waals surface area contributed by atoms with E-state index in [0.717, 1.165) is 11.3 Å². The highest BCUT2D eigenvalue weighted by molar-refractivity contribution is 6.41. The summed E-state index contributed by atoms with van der Waals surface area (Å²) in [6.07, 6.45) is 2.23. The molecule has 0 unspecified atom stereocenters. The van der Waals surface area contributed by atoms with Gasteiger partial charge in [-0.15, -0.1) is 0 Å². The number of nitrogens with one attached hydrogen (secondary N) is 1. The molecule has 1 aromatic carbocycles. The number of pyridine rings is 1. The van der Waals surface area contributed by atoms with Gasteiger partial charge in [0.15, 0.2) is 0 Å². The van der Waals surface area contributed by atoms with Crippen LogP contribution in [0.4, 0.5) is 8.78 Å². The summed E-state index contributed by atoms with van der Waals surface area (Å²) in [7, 11) is 3.69. The fourth-order valence-corrected chi connectivity index (χ4v) is 3.75. The van der Waals surface area contributed by atoms with Crippen molar-refractivity contribution in [3.05, 3.63) is 64.2 Å². The zero-order valence-corrected chi connectivity index (χ0v) is 17.7. The number of carbonyl (C=O) groups is 1. The molecular formula is C20H24B2ClF2N3O. The molecule has 1 fully saturated rings. The van der Waals surface area contributed by atoms with E-state index in [1.807, 2.05) is 34.7 Å². The molecule has 3 rings (SSSR count). The zero-order valence-electron chi connectivity index (χ0n) is 16.9. The molecule has 0 aliphatic carbocycles. The number of rotatable bonds is 5. The van der Waals surface area contributed by atoms with Gasteiger partial charge in [0.25, 0.3) is 5.91 Å². The van der Waals surface area contributed by atoms with Gasteiger partial charge in [-0.05, 0) is 54.9 Å². The lowest BCUT2D eigenvalue weighted by Crippen LogP contribution is -2.65. The quantitative estimate of drug-likeness (QED) is 0.756. The number of carbonyl (C=O) groups excluding carboxylic acids is 1. The van der Waals surface area contributed by atoms with E-state index in [1.165, 1.54) is 18.2 Å². The van der Waals surface area contributed by atoms with Crippen LogP contribution >= 0.6 is 11.6 Å². The molecule has 0 radical (unpaired) electrons. The van der Waals surface area contributed by atoms with Crippen molar-refractivity contribution in [1.29, 1.82) is 0 Å². The summed E-state index contributed by atoms with van der Waals surface area (Å²) in [4.78, 5) is 18.6. The van der Waals surface area contributed by atoms with Crippen LogP contribution in [0.2, 0.25) is 5.02 Å². The second-order valence-corrected chi connectivity index (χ2v) is 8.60. The molecule has 2 heterocycles. The van der Waals surface area contributed by atoms with E-state index in [0.29, 0.717) is 12.1 Å². The molecule has 152 valence electrons. The number of amides is 1. The maximum absolute atomic E-state index is 15.8. The summed E-state index contributed by atoms with van der Waals surface area (Å²) in [6.45, 7) is 3.02. The summed E-state index contributed by atoms with van der Waals surface area (Å²) in [5.41, 5.74) is 0.780. The Morgan fingerprint density at radius 3 is 2.59 bits per heavy atom. The lowest BCUT2D eigenvalue weighted by atomic mass is 9.51. The molecule has 0 spiro atoms. The topological polar surface area (TPSA) is 45.2 Å². The summed E-state index contributed by atoms with van der Waals surface area (Å²) in [5, 5.41) is 2.42. The molecule has 1 saturated heterocycles. The van der Waals surface area contributed by atoms with Crippen molar-refractivity contribution in [3.63, 3.8) is 0 Å². The van der Waals surface area contributed by atoms with Crippen molar-refractivity contribution in [2.45, 2.75) is 37.3 Å². The number of halogens is 3. The van der Waals surface area contributed by atoms with Crippen molar-refractivity contribution < 1.29 is 13.6 Å². The minimum absolute atomic E-state index is 0.0947. The largest absolute Gasteiger partial charge is 0.338 e. The van der Waals surface area contributed by atoms with Crippen LogP contribution in [-0.2, 0) is 6.54 Å². The second kappa shape index (κ2) is 8.44. The van der Waals surface area contributed by atoms with E-state index < -0.39 is 16.8 Å². The lowest BCUT2D eigenvalue weighted by molar-refractivity contribution is 0.0292. The predicted molar refractivity (Wildman–Crippen MR) is 116 cm³/mol. The maximum Gasteiger partial charge on any atom is 0.253 e. The van der Waals surface area contributed by atoms with E-state index in [4.69, 9.17) is 11.6 Å². The molecule has 0 atom stereocenters. The first-order valence-electron chi connectivity index (χ1n) is 9.71. The van der Waals surface area contributed by atoms with Gasteiger partial charge >= 0.3 is 0 Å². The van der Waals surface area contributed by atoms with E-state index in [9.17, 15) is 9.18 Å². The number of benzene rings is 1. The molecule has 1 aromatic heterocycles. The minimum atomic E-state index is -1.46. The first-order chi connectivity index (χ1) is 13.6. The Hall–Kier alpha value is -1.92. The Balaban J connectivity index is 1.61. The number of nitrogens with zero attached hydrogens (tertiary/aromatic N) is 2. The van der Waals surface area contributed by atoms with E-state index in [1.54, 1.807) is 11.1 Å². The van der Waals surface area contributed by atoms with Gasteiger partial charge in [0.2, 0.25) is 0 Å². The Morgan fingerprint density at radius 1 is 1.31 bits per heavy atom. The third kappa shape index (κ3) is 4.81. The molecule has 1 aliphatic rings. The van der Waals surface area contributed by atoms with Crippen LogP contribution in [0.15, 0.2) is 36.5 Å². The van der Waals surface area contributed by atoms with Crippen molar-refractivity contribution in [3.8, 4) is 0 Å². The predicted octanol–water partition coefficient (Wildman–Crippen LogP) is 1.84. The van der Waals surface area contributed by atoms with Crippen LogP contribution in [0.1, 0.15) is 34.5 Å². The van der Waals surface area contributed by atoms with Crippen molar-refractivity contribution in [2.75, 3.05) is 13.1 Å². The molecule has 2 aromatic rings.